The molecule has 4 rings (SSSR count). The number of benzene rings is 1. The second-order valence-corrected chi connectivity index (χ2v) is 11.1. The molecule has 1 aromatic heterocycles. The molecule has 3 heterocycles. The lowest BCUT2D eigenvalue weighted by Crippen LogP contribution is -2.40. The highest BCUT2D eigenvalue weighted by molar-refractivity contribution is 7.89. The van der Waals surface area contributed by atoms with Crippen LogP contribution in [0.2, 0.25) is 0 Å². The van der Waals surface area contributed by atoms with Gasteiger partial charge in [0, 0.05) is 55.4 Å². The number of sulfonamides is 1. The molecule has 0 amide bonds. The van der Waals surface area contributed by atoms with E-state index in [-0.39, 0.29) is 35.8 Å². The molecule has 1 aromatic carbocycles. The number of piperidine rings is 1. The number of anilines is 1. The third-order valence-corrected chi connectivity index (χ3v) is 8.54. The largest absolute Gasteiger partial charge is 0.457 e. The van der Waals surface area contributed by atoms with E-state index >= 15 is 0 Å². The van der Waals surface area contributed by atoms with Crippen molar-refractivity contribution in [1.29, 1.82) is 0 Å². The quantitative estimate of drug-likeness (QED) is 0.460. The molecule has 0 N–H and O–H groups in total. The number of aromatic nitrogens is 1. The Morgan fingerprint density at radius 1 is 1.15 bits per heavy atom. The normalized spacial score (nSPS) is 19.7. The van der Waals surface area contributed by atoms with E-state index in [2.05, 4.69) is 24.9 Å². The number of carbonyl (C=O) groups excluding carboxylic acids is 2. The summed E-state index contributed by atoms with van der Waals surface area (Å²) in [5.41, 5.74) is 2.71. The highest BCUT2D eigenvalue weighted by Gasteiger charge is 2.38. The van der Waals surface area contributed by atoms with Gasteiger partial charge in [-0.05, 0) is 36.6 Å². The lowest BCUT2D eigenvalue weighted by Gasteiger charge is -2.30. The Bertz CT molecular complexity index is 1220. The molecule has 0 unspecified atom stereocenters. The first kappa shape index (κ1) is 24.1. The van der Waals surface area contributed by atoms with E-state index in [1.165, 1.54) is 22.8 Å². The summed E-state index contributed by atoms with van der Waals surface area (Å²) in [6.07, 6.45) is 5.08. The predicted octanol–water partition coefficient (Wildman–Crippen LogP) is 2.91. The highest BCUT2D eigenvalue weighted by Crippen LogP contribution is 2.46. The molecule has 0 atom stereocenters. The minimum Gasteiger partial charge on any atom is -0.457 e. The third-order valence-electron chi connectivity index (χ3n) is 6.65. The summed E-state index contributed by atoms with van der Waals surface area (Å²) in [5.74, 6) is -1.18. The van der Waals surface area contributed by atoms with Crippen LogP contribution in [0.1, 0.15) is 32.3 Å². The molecule has 1 fully saturated rings. The lowest BCUT2D eigenvalue weighted by atomic mass is 9.83. The number of carbonyl (C=O) groups is 2. The van der Waals surface area contributed by atoms with Crippen molar-refractivity contribution in [2.45, 2.75) is 37.0 Å². The molecule has 2 aliphatic rings. The van der Waals surface area contributed by atoms with Crippen LogP contribution in [-0.2, 0) is 29.8 Å². The SMILES string of the molecule is CN1/C(=C\C(=O)COC(=O)C2CCN(S(=O)(=O)c3cccnc3)CC2)C(C)(C)c2ccccc21. The Morgan fingerprint density at radius 3 is 2.50 bits per heavy atom. The first-order valence-corrected chi connectivity index (χ1v) is 12.7. The van der Waals surface area contributed by atoms with Gasteiger partial charge in [-0.2, -0.15) is 4.31 Å². The van der Waals surface area contributed by atoms with Crippen LogP contribution < -0.4 is 4.90 Å². The van der Waals surface area contributed by atoms with Gasteiger partial charge in [-0.3, -0.25) is 14.6 Å². The Balaban J connectivity index is 1.32. The average Bonchev–Trinajstić information content (AvgIpc) is 3.04. The number of ketones is 1. The number of allylic oxidation sites excluding steroid dienone is 1. The van der Waals surface area contributed by atoms with Gasteiger partial charge in [0.2, 0.25) is 10.0 Å². The number of pyridine rings is 1. The van der Waals surface area contributed by atoms with Crippen LogP contribution in [0.15, 0.2) is 65.5 Å². The zero-order chi connectivity index (χ0) is 24.5. The van der Waals surface area contributed by atoms with E-state index in [1.807, 2.05) is 30.1 Å². The summed E-state index contributed by atoms with van der Waals surface area (Å²) in [6.45, 7) is 4.22. The van der Waals surface area contributed by atoms with Crippen LogP contribution in [-0.4, -0.2) is 56.2 Å². The second kappa shape index (κ2) is 9.31. The summed E-state index contributed by atoms with van der Waals surface area (Å²) < 4.78 is 32.1. The molecule has 0 spiro atoms. The fourth-order valence-electron chi connectivity index (χ4n) is 4.69. The van der Waals surface area contributed by atoms with Crippen molar-refractivity contribution >= 4 is 27.5 Å². The number of para-hydroxylation sites is 1. The number of fused-ring (bicyclic) bond motifs is 1. The maximum absolute atomic E-state index is 12.7. The zero-order valence-electron chi connectivity index (χ0n) is 19.6. The molecule has 8 nitrogen and oxygen atoms in total. The average molecular weight is 484 g/mol. The van der Waals surface area contributed by atoms with Crippen molar-refractivity contribution in [3.63, 3.8) is 0 Å². The van der Waals surface area contributed by atoms with Crippen molar-refractivity contribution in [2.24, 2.45) is 5.92 Å². The van der Waals surface area contributed by atoms with Gasteiger partial charge >= 0.3 is 5.97 Å². The number of esters is 1. The van der Waals surface area contributed by atoms with E-state index < -0.39 is 21.9 Å². The Morgan fingerprint density at radius 2 is 1.85 bits per heavy atom. The van der Waals surface area contributed by atoms with Gasteiger partial charge in [0.25, 0.3) is 0 Å². The molecule has 2 aliphatic heterocycles. The molecule has 180 valence electrons. The van der Waals surface area contributed by atoms with Crippen LogP contribution in [0.25, 0.3) is 0 Å². The van der Waals surface area contributed by atoms with E-state index in [0.29, 0.717) is 12.8 Å². The molecule has 0 saturated carbocycles. The van der Waals surface area contributed by atoms with Crippen LogP contribution >= 0.6 is 0 Å². The summed E-state index contributed by atoms with van der Waals surface area (Å²) in [4.78, 5) is 31.2. The maximum Gasteiger partial charge on any atom is 0.309 e. The van der Waals surface area contributed by atoms with Gasteiger partial charge in [0.15, 0.2) is 12.4 Å². The van der Waals surface area contributed by atoms with Crippen molar-refractivity contribution < 1.29 is 22.7 Å². The third kappa shape index (κ3) is 4.50. The monoisotopic (exact) mass is 483 g/mol. The molecule has 1 saturated heterocycles. The minimum absolute atomic E-state index is 0.136. The number of ether oxygens (including phenoxy) is 1. The fourth-order valence-corrected chi connectivity index (χ4v) is 6.13. The molecule has 0 bridgehead atoms. The van der Waals surface area contributed by atoms with Crippen LogP contribution in [0.4, 0.5) is 5.69 Å². The summed E-state index contributed by atoms with van der Waals surface area (Å²) in [5, 5.41) is 0. The summed E-state index contributed by atoms with van der Waals surface area (Å²) in [7, 11) is -1.71. The van der Waals surface area contributed by atoms with E-state index in [1.54, 1.807) is 12.1 Å². The molecule has 0 radical (unpaired) electrons. The molecular weight excluding hydrogens is 454 g/mol. The van der Waals surface area contributed by atoms with E-state index in [0.717, 1.165) is 16.9 Å². The molecule has 34 heavy (non-hydrogen) atoms. The highest BCUT2D eigenvalue weighted by atomic mass is 32.2. The smallest absolute Gasteiger partial charge is 0.309 e. The fraction of sp³-hybridized carbons (Fsp3) is 0.400. The first-order chi connectivity index (χ1) is 16.1. The lowest BCUT2D eigenvalue weighted by molar-refractivity contribution is -0.152. The van der Waals surface area contributed by atoms with Gasteiger partial charge in [-0.1, -0.05) is 32.0 Å². The Kier molecular flexibility index (Phi) is 6.60. The number of rotatable bonds is 6. The molecule has 0 aliphatic carbocycles. The zero-order valence-corrected chi connectivity index (χ0v) is 20.4. The number of nitrogens with zero attached hydrogens (tertiary/aromatic N) is 3. The molecule has 9 heteroatoms. The number of hydrogen-bond acceptors (Lipinski definition) is 7. The topological polar surface area (TPSA) is 96.9 Å². The number of hydrogen-bond donors (Lipinski definition) is 0. The van der Waals surface area contributed by atoms with Gasteiger partial charge < -0.3 is 9.64 Å². The van der Waals surface area contributed by atoms with Gasteiger partial charge in [-0.25, -0.2) is 8.42 Å². The van der Waals surface area contributed by atoms with Gasteiger partial charge in [0.1, 0.15) is 4.90 Å². The second-order valence-electron chi connectivity index (χ2n) is 9.17. The Hall–Kier alpha value is -3.04. The van der Waals surface area contributed by atoms with Gasteiger partial charge in [-0.15, -0.1) is 0 Å². The van der Waals surface area contributed by atoms with Crippen molar-refractivity contribution in [3.8, 4) is 0 Å². The predicted molar refractivity (Wildman–Crippen MR) is 128 cm³/mol. The van der Waals surface area contributed by atoms with Crippen molar-refractivity contribution in [2.75, 3.05) is 31.6 Å². The maximum atomic E-state index is 12.7. The van der Waals surface area contributed by atoms with Crippen molar-refractivity contribution in [1.82, 2.24) is 9.29 Å². The van der Waals surface area contributed by atoms with E-state index in [4.69, 9.17) is 4.74 Å². The van der Waals surface area contributed by atoms with Crippen LogP contribution in [0, 0.1) is 5.92 Å². The van der Waals surface area contributed by atoms with Crippen LogP contribution in [0.3, 0.4) is 0 Å². The van der Waals surface area contributed by atoms with Crippen molar-refractivity contribution in [3.05, 3.63) is 66.1 Å². The van der Waals surface area contributed by atoms with Crippen LogP contribution in [0.5, 0.6) is 0 Å². The minimum atomic E-state index is -3.64. The molecule has 2 aromatic rings. The number of likely N-dealkylation sites (N-methyl/N-ethyl adjacent to an activating group) is 1. The summed E-state index contributed by atoms with van der Waals surface area (Å²) >= 11 is 0. The van der Waals surface area contributed by atoms with Gasteiger partial charge in [0.05, 0.1) is 5.92 Å². The molecular formula is C25H29N3O5S. The first-order valence-electron chi connectivity index (χ1n) is 11.3. The Labute approximate surface area is 200 Å². The standard InChI is InChI=1S/C25H29N3O5S/c1-25(2)21-8-4-5-9-22(21)27(3)23(25)15-19(29)17-33-24(30)18-10-13-28(14-11-18)34(31,32)20-7-6-12-26-16-20/h4-9,12,15-16,18H,10-11,13-14,17H2,1-3H3/b23-15-. The summed E-state index contributed by atoms with van der Waals surface area (Å²) in [6, 6.07) is 11.1. The van der Waals surface area contributed by atoms with E-state index in [9.17, 15) is 18.0 Å².